The second-order valence-corrected chi connectivity index (χ2v) is 6.71. The zero-order valence-corrected chi connectivity index (χ0v) is 15.4. The maximum atomic E-state index is 12.0. The molecule has 3 rings (SSSR count). The van der Waals surface area contributed by atoms with Crippen LogP contribution in [0.3, 0.4) is 0 Å². The van der Waals surface area contributed by atoms with Gasteiger partial charge in [0, 0.05) is 22.5 Å². The van der Waals surface area contributed by atoms with E-state index in [2.05, 4.69) is 26.6 Å². The van der Waals surface area contributed by atoms with Gasteiger partial charge in [0.25, 0.3) is 0 Å². The van der Waals surface area contributed by atoms with Gasteiger partial charge < -0.3 is 20.1 Å². The molecule has 0 aliphatic carbocycles. The van der Waals surface area contributed by atoms with Crippen LogP contribution in [0.1, 0.15) is 12.8 Å². The van der Waals surface area contributed by atoms with Gasteiger partial charge in [0.15, 0.2) is 0 Å². The molecule has 0 saturated carbocycles. The van der Waals surface area contributed by atoms with Crippen molar-refractivity contribution in [2.24, 2.45) is 0 Å². The van der Waals surface area contributed by atoms with Crippen LogP contribution in [0.5, 0.6) is 5.75 Å². The molecule has 1 aliphatic heterocycles. The van der Waals surface area contributed by atoms with Gasteiger partial charge in [-0.05, 0) is 65.2 Å². The highest BCUT2D eigenvalue weighted by Crippen LogP contribution is 2.21. The highest BCUT2D eigenvalue weighted by Gasteiger charge is 2.15. The van der Waals surface area contributed by atoms with Crippen LogP contribution in [0.2, 0.25) is 0 Å². The van der Waals surface area contributed by atoms with E-state index < -0.39 is 0 Å². The molecule has 2 aromatic rings. The first kappa shape index (κ1) is 17.8. The predicted molar refractivity (Wildman–Crippen MR) is 102 cm³/mol. The van der Waals surface area contributed by atoms with E-state index in [1.165, 1.54) is 0 Å². The molecule has 1 aliphatic rings. The number of carbonyl (C=O) groups is 1. The summed E-state index contributed by atoms with van der Waals surface area (Å²) in [6.45, 7) is 1.59. The molecule has 6 heteroatoms. The quantitative estimate of drug-likeness (QED) is 0.730. The fraction of sp³-hybridized carbons (Fsp3) is 0.316. The summed E-state index contributed by atoms with van der Waals surface area (Å²) in [6.07, 6.45) is 2.35. The third-order valence-corrected chi connectivity index (χ3v) is 4.60. The molecule has 1 saturated heterocycles. The monoisotopic (exact) mass is 404 g/mol. The van der Waals surface area contributed by atoms with Crippen LogP contribution in [0.15, 0.2) is 53.0 Å². The standard InChI is InChI=1S/C19H21BrN2O3/c20-17-5-1-2-6-18(17)21-12-19(23)22-14-7-9-15(10-8-14)25-13-16-4-3-11-24-16/h1-2,5-10,16,21H,3-4,11-13H2,(H,22,23). The van der Waals surface area contributed by atoms with Crippen LogP contribution in [0, 0.1) is 0 Å². The zero-order chi connectivity index (χ0) is 17.5. The van der Waals surface area contributed by atoms with Crippen LogP contribution in [0.4, 0.5) is 11.4 Å². The van der Waals surface area contributed by atoms with Gasteiger partial charge in [-0.1, -0.05) is 12.1 Å². The lowest BCUT2D eigenvalue weighted by molar-refractivity contribution is -0.114. The van der Waals surface area contributed by atoms with E-state index in [4.69, 9.17) is 9.47 Å². The first-order valence-electron chi connectivity index (χ1n) is 8.33. The first-order valence-corrected chi connectivity index (χ1v) is 9.13. The van der Waals surface area contributed by atoms with Crippen LogP contribution >= 0.6 is 15.9 Å². The van der Waals surface area contributed by atoms with Gasteiger partial charge in [-0.3, -0.25) is 4.79 Å². The Morgan fingerprint density at radius 3 is 2.72 bits per heavy atom. The van der Waals surface area contributed by atoms with Crippen LogP contribution in [0.25, 0.3) is 0 Å². The number of ether oxygens (including phenoxy) is 2. The Kier molecular flexibility index (Phi) is 6.30. The van der Waals surface area contributed by atoms with Gasteiger partial charge in [0.2, 0.25) is 5.91 Å². The summed E-state index contributed by atoms with van der Waals surface area (Å²) in [6, 6.07) is 15.1. The van der Waals surface area contributed by atoms with Gasteiger partial charge in [0.1, 0.15) is 12.4 Å². The van der Waals surface area contributed by atoms with Crippen molar-refractivity contribution in [3.8, 4) is 5.75 Å². The van der Waals surface area contributed by atoms with Gasteiger partial charge in [-0.2, -0.15) is 0 Å². The number of para-hydroxylation sites is 1. The fourth-order valence-corrected chi connectivity index (χ4v) is 3.01. The average molecular weight is 405 g/mol. The molecule has 0 spiro atoms. The molecule has 2 N–H and O–H groups in total. The Bertz CT molecular complexity index is 700. The number of carbonyl (C=O) groups excluding carboxylic acids is 1. The van der Waals surface area contributed by atoms with E-state index in [1.54, 1.807) is 0 Å². The number of hydrogen-bond donors (Lipinski definition) is 2. The molecule has 0 aromatic heterocycles. The van der Waals surface area contributed by atoms with Crippen LogP contribution in [-0.2, 0) is 9.53 Å². The summed E-state index contributed by atoms with van der Waals surface area (Å²) in [5, 5.41) is 5.96. The third-order valence-electron chi connectivity index (χ3n) is 3.91. The maximum Gasteiger partial charge on any atom is 0.243 e. The molecular weight excluding hydrogens is 384 g/mol. The molecule has 1 heterocycles. The van der Waals surface area contributed by atoms with E-state index in [1.807, 2.05) is 48.5 Å². The summed E-state index contributed by atoms with van der Waals surface area (Å²) >= 11 is 3.44. The predicted octanol–water partition coefficient (Wildman–Crippen LogP) is 4.06. The number of anilines is 2. The molecule has 2 aromatic carbocycles. The lowest BCUT2D eigenvalue weighted by Gasteiger charge is -2.12. The van der Waals surface area contributed by atoms with Crippen molar-refractivity contribution in [2.75, 3.05) is 30.4 Å². The maximum absolute atomic E-state index is 12.0. The Morgan fingerprint density at radius 1 is 1.20 bits per heavy atom. The van der Waals surface area contributed by atoms with Crippen molar-refractivity contribution in [2.45, 2.75) is 18.9 Å². The van der Waals surface area contributed by atoms with Crippen molar-refractivity contribution < 1.29 is 14.3 Å². The Balaban J connectivity index is 1.44. The zero-order valence-electron chi connectivity index (χ0n) is 13.8. The molecule has 0 radical (unpaired) electrons. The summed E-state index contributed by atoms with van der Waals surface area (Å²) in [5.74, 6) is 0.670. The van der Waals surface area contributed by atoms with E-state index >= 15 is 0 Å². The Morgan fingerprint density at radius 2 is 2.00 bits per heavy atom. The molecular formula is C19H21BrN2O3. The number of halogens is 1. The van der Waals surface area contributed by atoms with Crippen molar-refractivity contribution >= 4 is 33.2 Å². The summed E-state index contributed by atoms with van der Waals surface area (Å²) in [5.41, 5.74) is 1.62. The third kappa shape index (κ3) is 5.47. The van der Waals surface area contributed by atoms with E-state index in [0.717, 1.165) is 41.0 Å². The van der Waals surface area contributed by atoms with Gasteiger partial charge >= 0.3 is 0 Å². The van der Waals surface area contributed by atoms with Crippen LogP contribution < -0.4 is 15.4 Å². The molecule has 25 heavy (non-hydrogen) atoms. The lowest BCUT2D eigenvalue weighted by atomic mass is 10.2. The van der Waals surface area contributed by atoms with Gasteiger partial charge in [0.05, 0.1) is 12.6 Å². The minimum atomic E-state index is -0.108. The van der Waals surface area contributed by atoms with Crippen molar-refractivity contribution in [1.29, 1.82) is 0 Å². The molecule has 1 atom stereocenters. The van der Waals surface area contributed by atoms with Crippen molar-refractivity contribution in [3.63, 3.8) is 0 Å². The number of nitrogens with one attached hydrogen (secondary N) is 2. The summed E-state index contributed by atoms with van der Waals surface area (Å²) in [7, 11) is 0. The minimum Gasteiger partial charge on any atom is -0.491 e. The Hall–Kier alpha value is -2.05. The number of benzene rings is 2. The van der Waals surface area contributed by atoms with Crippen molar-refractivity contribution in [3.05, 3.63) is 53.0 Å². The van der Waals surface area contributed by atoms with Crippen molar-refractivity contribution in [1.82, 2.24) is 0 Å². The summed E-state index contributed by atoms with van der Waals surface area (Å²) < 4.78 is 12.2. The molecule has 5 nitrogen and oxygen atoms in total. The molecule has 1 fully saturated rings. The highest BCUT2D eigenvalue weighted by atomic mass is 79.9. The van der Waals surface area contributed by atoms with E-state index in [-0.39, 0.29) is 18.6 Å². The first-order chi connectivity index (χ1) is 12.2. The molecule has 1 amide bonds. The Labute approximate surface area is 155 Å². The summed E-state index contributed by atoms with van der Waals surface area (Å²) in [4.78, 5) is 12.0. The lowest BCUT2D eigenvalue weighted by Crippen LogP contribution is -2.21. The van der Waals surface area contributed by atoms with Gasteiger partial charge in [-0.15, -0.1) is 0 Å². The molecule has 1 unspecified atom stereocenters. The second-order valence-electron chi connectivity index (χ2n) is 5.85. The van der Waals surface area contributed by atoms with Gasteiger partial charge in [-0.25, -0.2) is 0 Å². The smallest absolute Gasteiger partial charge is 0.243 e. The fourth-order valence-electron chi connectivity index (χ4n) is 2.58. The van der Waals surface area contributed by atoms with E-state index in [9.17, 15) is 4.79 Å². The molecule has 0 bridgehead atoms. The highest BCUT2D eigenvalue weighted by molar-refractivity contribution is 9.10. The second kappa shape index (κ2) is 8.87. The normalized spacial score (nSPS) is 16.4. The minimum absolute atomic E-state index is 0.108. The number of hydrogen-bond acceptors (Lipinski definition) is 4. The van der Waals surface area contributed by atoms with Crippen LogP contribution in [-0.4, -0.2) is 31.8 Å². The van der Waals surface area contributed by atoms with E-state index in [0.29, 0.717) is 6.61 Å². The largest absolute Gasteiger partial charge is 0.491 e. The average Bonchev–Trinajstić information content (AvgIpc) is 3.14. The number of rotatable bonds is 7. The topological polar surface area (TPSA) is 59.6 Å². The molecule has 132 valence electrons. The SMILES string of the molecule is O=C(CNc1ccccc1Br)Nc1ccc(OCC2CCCO2)cc1. The number of amides is 1.